The van der Waals surface area contributed by atoms with Crippen molar-refractivity contribution in [2.75, 3.05) is 11.0 Å². The molecule has 84 valence electrons. The van der Waals surface area contributed by atoms with E-state index in [1.165, 1.54) is 0 Å². The van der Waals surface area contributed by atoms with Gasteiger partial charge in [-0.05, 0) is 24.3 Å². The van der Waals surface area contributed by atoms with Crippen molar-refractivity contribution in [1.29, 1.82) is 0 Å². The van der Waals surface area contributed by atoms with Gasteiger partial charge in [-0.1, -0.05) is 12.1 Å². The Morgan fingerprint density at radius 2 is 2.00 bits per heavy atom. The largest absolute Gasteiger partial charge is 0.464 e. The summed E-state index contributed by atoms with van der Waals surface area (Å²) >= 11 is 0. The van der Waals surface area contributed by atoms with Gasteiger partial charge in [-0.25, -0.2) is 8.42 Å². The lowest BCUT2D eigenvalue weighted by atomic mass is 10.1. The van der Waals surface area contributed by atoms with E-state index in [4.69, 9.17) is 4.42 Å². The zero-order chi connectivity index (χ0) is 11.6. The van der Waals surface area contributed by atoms with Crippen LogP contribution in [0.4, 0.5) is 5.69 Å². The van der Waals surface area contributed by atoms with Crippen LogP contribution in [0.5, 0.6) is 0 Å². The molecule has 2 aromatic rings. The fourth-order valence-electron chi connectivity index (χ4n) is 1.39. The molecular weight excluding hydrogens is 226 g/mol. The third-order valence-electron chi connectivity index (χ3n) is 1.97. The van der Waals surface area contributed by atoms with Gasteiger partial charge in [0.25, 0.3) is 0 Å². The molecule has 1 heterocycles. The molecule has 1 aromatic heterocycles. The number of benzene rings is 1. The third kappa shape index (κ3) is 2.64. The van der Waals surface area contributed by atoms with Crippen LogP contribution in [-0.4, -0.2) is 14.7 Å². The normalized spacial score (nSPS) is 11.3. The van der Waals surface area contributed by atoms with E-state index in [1.807, 2.05) is 12.1 Å². The molecule has 1 aromatic carbocycles. The van der Waals surface area contributed by atoms with Gasteiger partial charge in [-0.3, -0.25) is 4.72 Å². The highest BCUT2D eigenvalue weighted by atomic mass is 32.2. The molecule has 1 N–H and O–H groups in total. The molecule has 0 spiro atoms. The molecule has 0 saturated heterocycles. The summed E-state index contributed by atoms with van der Waals surface area (Å²) in [5.41, 5.74) is 1.36. The van der Waals surface area contributed by atoms with Crippen molar-refractivity contribution in [3.8, 4) is 11.3 Å². The van der Waals surface area contributed by atoms with Gasteiger partial charge >= 0.3 is 0 Å². The second-order valence-corrected chi connectivity index (χ2v) is 5.18. The number of anilines is 1. The Balaban J connectivity index is 2.34. The highest BCUT2D eigenvalue weighted by Crippen LogP contribution is 2.23. The van der Waals surface area contributed by atoms with Gasteiger partial charge in [-0.2, -0.15) is 0 Å². The second-order valence-electron chi connectivity index (χ2n) is 3.43. The zero-order valence-corrected chi connectivity index (χ0v) is 9.49. The molecule has 2 rings (SSSR count). The van der Waals surface area contributed by atoms with E-state index in [0.717, 1.165) is 11.8 Å². The van der Waals surface area contributed by atoms with Gasteiger partial charge in [-0.15, -0.1) is 0 Å². The van der Waals surface area contributed by atoms with Gasteiger partial charge in [0.2, 0.25) is 10.0 Å². The first kappa shape index (κ1) is 10.8. The van der Waals surface area contributed by atoms with Crippen LogP contribution in [0.25, 0.3) is 11.3 Å². The molecular formula is C11H11NO3S. The lowest BCUT2D eigenvalue weighted by molar-refractivity contribution is 0.582. The first-order chi connectivity index (χ1) is 7.54. The molecule has 16 heavy (non-hydrogen) atoms. The Morgan fingerprint density at radius 1 is 1.19 bits per heavy atom. The number of furan rings is 1. The van der Waals surface area contributed by atoms with Gasteiger partial charge < -0.3 is 4.42 Å². The minimum Gasteiger partial charge on any atom is -0.464 e. The smallest absolute Gasteiger partial charge is 0.229 e. The standard InChI is InChI=1S/C11H11NO3S/c1-16(13,14)12-10-5-2-4-9(8-10)11-6-3-7-15-11/h2-8,12H,1H3. The van der Waals surface area contributed by atoms with Gasteiger partial charge in [0.05, 0.1) is 12.5 Å². The third-order valence-corrected chi connectivity index (χ3v) is 2.58. The molecule has 0 amide bonds. The van der Waals surface area contributed by atoms with E-state index < -0.39 is 10.0 Å². The quantitative estimate of drug-likeness (QED) is 0.891. The van der Waals surface area contributed by atoms with Crippen molar-refractivity contribution < 1.29 is 12.8 Å². The van der Waals surface area contributed by atoms with Crippen LogP contribution in [0.3, 0.4) is 0 Å². The maximum atomic E-state index is 11.1. The summed E-state index contributed by atoms with van der Waals surface area (Å²) in [4.78, 5) is 0. The molecule has 0 atom stereocenters. The minimum absolute atomic E-state index is 0.524. The topological polar surface area (TPSA) is 59.3 Å². The molecule has 0 fully saturated rings. The Morgan fingerprint density at radius 3 is 2.62 bits per heavy atom. The van der Waals surface area contributed by atoms with Gasteiger partial charge in [0.1, 0.15) is 5.76 Å². The summed E-state index contributed by atoms with van der Waals surface area (Å²) < 4.78 is 29.8. The molecule has 4 nitrogen and oxygen atoms in total. The van der Waals surface area contributed by atoms with Crippen LogP contribution in [-0.2, 0) is 10.0 Å². The van der Waals surface area contributed by atoms with E-state index in [0.29, 0.717) is 11.4 Å². The average molecular weight is 237 g/mol. The van der Waals surface area contributed by atoms with E-state index in [1.54, 1.807) is 30.5 Å². The number of sulfonamides is 1. The second kappa shape index (κ2) is 4.02. The van der Waals surface area contributed by atoms with Gasteiger partial charge in [0, 0.05) is 11.3 Å². The van der Waals surface area contributed by atoms with Crippen molar-refractivity contribution >= 4 is 15.7 Å². The summed E-state index contributed by atoms with van der Waals surface area (Å²) in [6, 6.07) is 10.6. The maximum Gasteiger partial charge on any atom is 0.229 e. The Labute approximate surface area is 94.0 Å². The molecule has 0 aliphatic heterocycles. The molecule has 0 aliphatic rings. The first-order valence-electron chi connectivity index (χ1n) is 4.66. The molecule has 0 saturated carbocycles. The monoisotopic (exact) mass is 237 g/mol. The van der Waals surface area contributed by atoms with E-state index in [9.17, 15) is 8.42 Å². The number of hydrogen-bond acceptors (Lipinski definition) is 3. The predicted octanol–water partition coefficient (Wildman–Crippen LogP) is 2.32. The number of rotatable bonds is 3. The van der Waals surface area contributed by atoms with E-state index >= 15 is 0 Å². The van der Waals surface area contributed by atoms with Crippen molar-refractivity contribution in [2.45, 2.75) is 0 Å². The molecule has 0 aliphatic carbocycles. The number of nitrogens with one attached hydrogen (secondary N) is 1. The predicted molar refractivity (Wildman–Crippen MR) is 62.6 cm³/mol. The summed E-state index contributed by atoms with van der Waals surface area (Å²) in [5.74, 6) is 0.706. The SMILES string of the molecule is CS(=O)(=O)Nc1cccc(-c2ccco2)c1. The highest BCUT2D eigenvalue weighted by Gasteiger charge is 2.04. The fourth-order valence-corrected chi connectivity index (χ4v) is 1.95. The fraction of sp³-hybridized carbons (Fsp3) is 0.0909. The lowest BCUT2D eigenvalue weighted by Gasteiger charge is -2.04. The Kier molecular flexibility index (Phi) is 2.70. The molecule has 0 bridgehead atoms. The average Bonchev–Trinajstić information content (AvgIpc) is 2.68. The minimum atomic E-state index is -3.24. The maximum absolute atomic E-state index is 11.1. The Bertz CT molecular complexity index is 573. The van der Waals surface area contributed by atoms with Crippen LogP contribution >= 0.6 is 0 Å². The first-order valence-corrected chi connectivity index (χ1v) is 6.55. The lowest BCUT2D eigenvalue weighted by Crippen LogP contribution is -2.09. The van der Waals surface area contributed by atoms with Crippen LogP contribution in [0.1, 0.15) is 0 Å². The summed E-state index contributed by atoms with van der Waals surface area (Å²) in [7, 11) is -3.24. The zero-order valence-electron chi connectivity index (χ0n) is 8.67. The highest BCUT2D eigenvalue weighted by molar-refractivity contribution is 7.92. The molecule has 0 unspecified atom stereocenters. The summed E-state index contributed by atoms with van der Waals surface area (Å²) in [5, 5.41) is 0. The summed E-state index contributed by atoms with van der Waals surface area (Å²) in [6.07, 6.45) is 2.69. The van der Waals surface area contributed by atoms with Gasteiger partial charge in [0.15, 0.2) is 0 Å². The van der Waals surface area contributed by atoms with Crippen molar-refractivity contribution in [3.63, 3.8) is 0 Å². The van der Waals surface area contributed by atoms with E-state index in [-0.39, 0.29) is 0 Å². The van der Waals surface area contributed by atoms with Crippen molar-refractivity contribution in [1.82, 2.24) is 0 Å². The van der Waals surface area contributed by atoms with Crippen molar-refractivity contribution in [2.24, 2.45) is 0 Å². The molecule has 5 heteroatoms. The van der Waals surface area contributed by atoms with E-state index in [2.05, 4.69) is 4.72 Å². The Hall–Kier alpha value is -1.75. The van der Waals surface area contributed by atoms with Crippen LogP contribution in [0.2, 0.25) is 0 Å². The van der Waals surface area contributed by atoms with Crippen LogP contribution in [0.15, 0.2) is 47.1 Å². The molecule has 0 radical (unpaired) electrons. The van der Waals surface area contributed by atoms with Crippen LogP contribution < -0.4 is 4.72 Å². The van der Waals surface area contributed by atoms with Crippen molar-refractivity contribution in [3.05, 3.63) is 42.7 Å². The van der Waals surface area contributed by atoms with Crippen LogP contribution in [0, 0.1) is 0 Å². The number of hydrogen-bond donors (Lipinski definition) is 1. The summed E-state index contributed by atoms with van der Waals surface area (Å²) in [6.45, 7) is 0.